The fraction of sp³-hybridized carbons (Fsp3) is 0.333. The van der Waals surface area contributed by atoms with Crippen LogP contribution in [0.4, 0.5) is 0 Å². The Morgan fingerprint density at radius 2 is 2.17 bits per heavy atom. The Hall–Kier alpha value is -0.730. The lowest BCUT2D eigenvalue weighted by molar-refractivity contribution is 0.475. The minimum absolute atomic E-state index is 0.205. The number of phenols is 1. The van der Waals surface area contributed by atoms with Gasteiger partial charge in [0.25, 0.3) is 0 Å². The van der Waals surface area contributed by atoms with Crippen molar-refractivity contribution in [2.45, 2.75) is 12.8 Å². The lowest BCUT2D eigenvalue weighted by Crippen LogP contribution is -2.00. The summed E-state index contributed by atoms with van der Waals surface area (Å²) in [7, 11) is 0. The maximum atomic E-state index is 9.05. The summed E-state index contributed by atoms with van der Waals surface area (Å²) >= 11 is 5.86. The van der Waals surface area contributed by atoms with E-state index in [0.29, 0.717) is 11.6 Å². The minimum Gasteiger partial charge on any atom is -0.508 e. The van der Waals surface area contributed by atoms with Gasteiger partial charge in [0.2, 0.25) is 0 Å². The molecule has 0 aromatic heterocycles. The van der Waals surface area contributed by atoms with E-state index >= 15 is 0 Å². The van der Waals surface area contributed by atoms with Crippen molar-refractivity contribution in [3.8, 4) is 5.75 Å². The molecule has 12 heavy (non-hydrogen) atoms. The van der Waals surface area contributed by atoms with Crippen LogP contribution in [-0.2, 0) is 6.42 Å². The molecule has 3 N–H and O–H groups in total. The van der Waals surface area contributed by atoms with Crippen LogP contribution in [-0.4, -0.2) is 11.7 Å². The van der Waals surface area contributed by atoms with Crippen LogP contribution < -0.4 is 5.73 Å². The molecule has 0 radical (unpaired) electrons. The molecule has 3 heteroatoms. The van der Waals surface area contributed by atoms with Gasteiger partial charge in [-0.05, 0) is 37.1 Å². The van der Waals surface area contributed by atoms with Gasteiger partial charge in [-0.25, -0.2) is 0 Å². The molecule has 0 amide bonds. The van der Waals surface area contributed by atoms with Gasteiger partial charge in [-0.15, -0.1) is 0 Å². The molecule has 0 saturated heterocycles. The van der Waals surface area contributed by atoms with Gasteiger partial charge in [0, 0.05) is 5.02 Å². The first-order valence-electron chi connectivity index (χ1n) is 3.91. The number of aryl methyl sites for hydroxylation is 1. The maximum absolute atomic E-state index is 9.05. The van der Waals surface area contributed by atoms with Crippen molar-refractivity contribution in [3.05, 3.63) is 28.8 Å². The molecule has 66 valence electrons. The van der Waals surface area contributed by atoms with Gasteiger partial charge in [-0.1, -0.05) is 17.7 Å². The summed E-state index contributed by atoms with van der Waals surface area (Å²) in [6.45, 7) is 0.664. The van der Waals surface area contributed by atoms with Crippen LogP contribution in [0.25, 0.3) is 0 Å². The fourth-order valence-corrected chi connectivity index (χ4v) is 1.30. The largest absolute Gasteiger partial charge is 0.508 e. The normalized spacial score (nSPS) is 10.2. The Morgan fingerprint density at radius 3 is 2.75 bits per heavy atom. The van der Waals surface area contributed by atoms with Crippen molar-refractivity contribution in [1.82, 2.24) is 0 Å². The summed E-state index contributed by atoms with van der Waals surface area (Å²) in [5.41, 5.74) is 6.41. The van der Waals surface area contributed by atoms with Crippen LogP contribution >= 0.6 is 11.6 Å². The van der Waals surface area contributed by atoms with Crippen molar-refractivity contribution in [1.29, 1.82) is 0 Å². The molecular formula is C9H12ClNO. The first kappa shape index (κ1) is 9.36. The monoisotopic (exact) mass is 185 g/mol. The molecule has 1 aromatic rings. The van der Waals surface area contributed by atoms with Crippen LogP contribution in [0.3, 0.4) is 0 Å². The third-order valence-corrected chi connectivity index (χ3v) is 2.04. The average Bonchev–Trinajstić information content (AvgIpc) is 2.03. The van der Waals surface area contributed by atoms with E-state index in [1.807, 2.05) is 6.07 Å². The van der Waals surface area contributed by atoms with E-state index in [1.54, 1.807) is 12.1 Å². The second kappa shape index (κ2) is 4.33. The zero-order chi connectivity index (χ0) is 8.97. The molecule has 0 unspecified atom stereocenters. The van der Waals surface area contributed by atoms with E-state index in [9.17, 15) is 0 Å². The van der Waals surface area contributed by atoms with Crippen LogP contribution in [0.1, 0.15) is 12.0 Å². The van der Waals surface area contributed by atoms with Gasteiger partial charge in [0.15, 0.2) is 0 Å². The lowest BCUT2D eigenvalue weighted by atomic mass is 10.1. The molecule has 0 aliphatic carbocycles. The first-order valence-corrected chi connectivity index (χ1v) is 4.29. The van der Waals surface area contributed by atoms with E-state index in [-0.39, 0.29) is 5.75 Å². The van der Waals surface area contributed by atoms with Crippen LogP contribution in [0.5, 0.6) is 5.75 Å². The van der Waals surface area contributed by atoms with Gasteiger partial charge in [0.1, 0.15) is 5.75 Å². The summed E-state index contributed by atoms with van der Waals surface area (Å²) in [5.74, 6) is 0.205. The molecule has 0 bridgehead atoms. The molecule has 0 heterocycles. The Kier molecular flexibility index (Phi) is 3.38. The number of benzene rings is 1. The highest BCUT2D eigenvalue weighted by atomic mass is 35.5. The van der Waals surface area contributed by atoms with Crippen molar-refractivity contribution in [2.24, 2.45) is 5.73 Å². The quantitative estimate of drug-likeness (QED) is 0.756. The van der Waals surface area contributed by atoms with E-state index in [4.69, 9.17) is 22.4 Å². The average molecular weight is 186 g/mol. The molecule has 2 nitrogen and oxygen atoms in total. The Labute approximate surface area is 77.0 Å². The van der Waals surface area contributed by atoms with Gasteiger partial charge in [-0.2, -0.15) is 0 Å². The van der Waals surface area contributed by atoms with Crippen molar-refractivity contribution < 1.29 is 5.11 Å². The molecule has 1 aromatic carbocycles. The predicted molar refractivity (Wildman–Crippen MR) is 50.5 cm³/mol. The Balaban J connectivity index is 2.72. The second-order valence-corrected chi connectivity index (χ2v) is 3.08. The lowest BCUT2D eigenvalue weighted by Gasteiger charge is -2.02. The van der Waals surface area contributed by atoms with Gasteiger partial charge < -0.3 is 10.8 Å². The molecule has 0 saturated carbocycles. The van der Waals surface area contributed by atoms with Crippen LogP contribution in [0.2, 0.25) is 5.02 Å². The second-order valence-electron chi connectivity index (χ2n) is 2.67. The first-order chi connectivity index (χ1) is 5.74. The molecule has 0 aliphatic heterocycles. The zero-order valence-electron chi connectivity index (χ0n) is 6.76. The molecule has 0 aliphatic rings. The topological polar surface area (TPSA) is 46.2 Å². The number of hydrogen-bond donors (Lipinski definition) is 2. The highest BCUT2D eigenvalue weighted by Gasteiger charge is 1.99. The van der Waals surface area contributed by atoms with E-state index in [2.05, 4.69) is 0 Å². The number of aromatic hydroxyl groups is 1. The molecular weight excluding hydrogens is 174 g/mol. The van der Waals surface area contributed by atoms with Gasteiger partial charge in [-0.3, -0.25) is 0 Å². The Bertz CT molecular complexity index is 263. The molecule has 0 spiro atoms. The van der Waals surface area contributed by atoms with Gasteiger partial charge >= 0.3 is 0 Å². The maximum Gasteiger partial charge on any atom is 0.117 e. The zero-order valence-corrected chi connectivity index (χ0v) is 7.51. The Morgan fingerprint density at radius 1 is 1.42 bits per heavy atom. The van der Waals surface area contributed by atoms with E-state index in [1.165, 1.54) is 0 Å². The van der Waals surface area contributed by atoms with Crippen molar-refractivity contribution >= 4 is 11.6 Å². The predicted octanol–water partition coefficient (Wildman–Crippen LogP) is 1.94. The number of nitrogens with two attached hydrogens (primary N) is 1. The summed E-state index contributed by atoms with van der Waals surface area (Å²) in [6.07, 6.45) is 1.79. The summed E-state index contributed by atoms with van der Waals surface area (Å²) < 4.78 is 0. The van der Waals surface area contributed by atoms with Crippen LogP contribution in [0, 0.1) is 0 Å². The third-order valence-electron chi connectivity index (χ3n) is 1.69. The van der Waals surface area contributed by atoms with Gasteiger partial charge in [0.05, 0.1) is 0 Å². The van der Waals surface area contributed by atoms with Crippen molar-refractivity contribution in [2.75, 3.05) is 6.54 Å². The fourth-order valence-electron chi connectivity index (χ4n) is 1.03. The number of halogens is 1. The molecule has 1 rings (SSSR count). The summed E-state index contributed by atoms with van der Waals surface area (Å²) in [4.78, 5) is 0. The number of phenolic OH excluding ortho intramolecular Hbond substituents is 1. The SMILES string of the molecule is NCCCc1ccc(O)cc1Cl. The minimum atomic E-state index is 0.205. The number of rotatable bonds is 3. The van der Waals surface area contributed by atoms with Crippen LogP contribution in [0.15, 0.2) is 18.2 Å². The summed E-state index contributed by atoms with van der Waals surface area (Å²) in [5, 5.41) is 9.67. The van der Waals surface area contributed by atoms with Crippen molar-refractivity contribution in [3.63, 3.8) is 0 Å². The van der Waals surface area contributed by atoms with E-state index < -0.39 is 0 Å². The molecule has 0 fully saturated rings. The standard InChI is InChI=1S/C9H12ClNO/c10-9-6-8(12)4-3-7(9)2-1-5-11/h3-4,6,12H,1-2,5,11H2. The highest BCUT2D eigenvalue weighted by molar-refractivity contribution is 6.31. The third kappa shape index (κ3) is 2.40. The number of hydrogen-bond acceptors (Lipinski definition) is 2. The van der Waals surface area contributed by atoms with E-state index in [0.717, 1.165) is 18.4 Å². The summed E-state index contributed by atoms with van der Waals surface area (Å²) in [6, 6.07) is 5.01. The smallest absolute Gasteiger partial charge is 0.117 e. The molecule has 0 atom stereocenters. The highest BCUT2D eigenvalue weighted by Crippen LogP contribution is 2.22.